The molecule has 1 aromatic heterocycles. The second-order valence-electron chi connectivity index (χ2n) is 4.79. The lowest BCUT2D eigenvalue weighted by atomic mass is 9.89. The summed E-state index contributed by atoms with van der Waals surface area (Å²) >= 11 is 0. The molecule has 0 aliphatic carbocycles. The van der Waals surface area contributed by atoms with Crippen molar-refractivity contribution in [3.05, 3.63) is 35.8 Å². The van der Waals surface area contributed by atoms with Gasteiger partial charge in [0.15, 0.2) is 0 Å². The summed E-state index contributed by atoms with van der Waals surface area (Å²) in [5.41, 5.74) is 1.04. The Balaban J connectivity index is 2.13. The summed E-state index contributed by atoms with van der Waals surface area (Å²) in [6.45, 7) is 0. The van der Waals surface area contributed by atoms with Crippen molar-refractivity contribution in [3.8, 4) is 0 Å². The predicted molar refractivity (Wildman–Crippen MR) is 71.6 cm³/mol. The minimum atomic E-state index is -1.23. The fraction of sp³-hybridized carbons (Fsp3) is 0.214. The van der Waals surface area contributed by atoms with E-state index in [2.05, 4.69) is 15.3 Å². The number of carbonyl (C=O) groups excluding carboxylic acids is 2. The normalized spacial score (nSPS) is 18.6. The summed E-state index contributed by atoms with van der Waals surface area (Å²) in [6, 6.07) is 5.22. The van der Waals surface area contributed by atoms with Gasteiger partial charge in [0, 0.05) is 18.0 Å². The maximum absolute atomic E-state index is 12.0. The van der Waals surface area contributed by atoms with E-state index in [9.17, 15) is 14.4 Å². The molecule has 1 aromatic carbocycles. The molecule has 0 bridgehead atoms. The first-order valence-electron chi connectivity index (χ1n) is 6.39. The van der Waals surface area contributed by atoms with Crippen LogP contribution in [0.1, 0.15) is 34.9 Å². The van der Waals surface area contributed by atoms with Crippen LogP contribution in [0, 0.1) is 0 Å². The number of piperidine rings is 1. The SMILES string of the molecule is O=C1CCC(c2cccc3cnc(C(=O)O)nc23)C(=O)N1. The van der Waals surface area contributed by atoms with Gasteiger partial charge in [-0.1, -0.05) is 18.2 Å². The molecule has 0 spiro atoms. The summed E-state index contributed by atoms with van der Waals surface area (Å²) in [6.07, 6.45) is 2.06. The van der Waals surface area contributed by atoms with Crippen LogP contribution in [-0.4, -0.2) is 32.9 Å². The lowest BCUT2D eigenvalue weighted by molar-refractivity contribution is -0.134. The average Bonchev–Trinajstić information content (AvgIpc) is 2.46. The van der Waals surface area contributed by atoms with Crippen LogP contribution in [-0.2, 0) is 9.59 Å². The number of fused-ring (bicyclic) bond motifs is 1. The molecule has 2 heterocycles. The number of benzene rings is 1. The second-order valence-corrected chi connectivity index (χ2v) is 4.79. The molecular formula is C14H11N3O4. The monoisotopic (exact) mass is 285 g/mol. The molecule has 1 aliphatic rings. The van der Waals surface area contributed by atoms with Gasteiger partial charge in [-0.05, 0) is 12.0 Å². The van der Waals surface area contributed by atoms with Gasteiger partial charge in [0.1, 0.15) is 0 Å². The van der Waals surface area contributed by atoms with Gasteiger partial charge in [-0.25, -0.2) is 14.8 Å². The van der Waals surface area contributed by atoms with Gasteiger partial charge in [0.2, 0.25) is 17.6 Å². The largest absolute Gasteiger partial charge is 0.475 e. The van der Waals surface area contributed by atoms with Crippen molar-refractivity contribution in [1.82, 2.24) is 15.3 Å². The van der Waals surface area contributed by atoms with Crippen molar-refractivity contribution in [2.75, 3.05) is 0 Å². The highest BCUT2D eigenvalue weighted by molar-refractivity contribution is 6.02. The first-order chi connectivity index (χ1) is 10.1. The topological polar surface area (TPSA) is 109 Å². The Bertz CT molecular complexity index is 772. The van der Waals surface area contributed by atoms with E-state index in [0.29, 0.717) is 22.9 Å². The third kappa shape index (κ3) is 2.33. The molecule has 0 radical (unpaired) electrons. The van der Waals surface area contributed by atoms with E-state index in [-0.39, 0.29) is 24.1 Å². The van der Waals surface area contributed by atoms with Crippen molar-refractivity contribution in [2.24, 2.45) is 0 Å². The van der Waals surface area contributed by atoms with Crippen LogP contribution in [0.4, 0.5) is 0 Å². The van der Waals surface area contributed by atoms with Crippen LogP contribution >= 0.6 is 0 Å². The van der Waals surface area contributed by atoms with Crippen molar-refractivity contribution in [2.45, 2.75) is 18.8 Å². The molecule has 0 saturated carbocycles. The van der Waals surface area contributed by atoms with E-state index in [1.54, 1.807) is 18.2 Å². The number of nitrogens with one attached hydrogen (secondary N) is 1. The number of amides is 2. The van der Waals surface area contributed by atoms with Gasteiger partial charge in [-0.15, -0.1) is 0 Å². The van der Waals surface area contributed by atoms with Gasteiger partial charge >= 0.3 is 5.97 Å². The number of nitrogens with zero attached hydrogens (tertiary/aromatic N) is 2. The zero-order chi connectivity index (χ0) is 15.0. The molecule has 1 unspecified atom stereocenters. The zero-order valence-electron chi connectivity index (χ0n) is 10.9. The summed E-state index contributed by atoms with van der Waals surface area (Å²) in [5, 5.41) is 11.9. The number of para-hydroxylation sites is 1. The summed E-state index contributed by atoms with van der Waals surface area (Å²) in [7, 11) is 0. The number of carbonyl (C=O) groups is 3. The lowest BCUT2D eigenvalue weighted by Gasteiger charge is -2.21. The fourth-order valence-electron chi connectivity index (χ4n) is 2.45. The maximum Gasteiger partial charge on any atom is 0.373 e. The van der Waals surface area contributed by atoms with Crippen LogP contribution in [0.3, 0.4) is 0 Å². The van der Waals surface area contributed by atoms with Crippen LogP contribution in [0.5, 0.6) is 0 Å². The molecule has 21 heavy (non-hydrogen) atoms. The Morgan fingerprint density at radius 1 is 1.33 bits per heavy atom. The third-order valence-corrected chi connectivity index (χ3v) is 3.45. The number of carboxylic acids is 1. The molecule has 7 nitrogen and oxygen atoms in total. The van der Waals surface area contributed by atoms with Gasteiger partial charge in [0.05, 0.1) is 11.4 Å². The Morgan fingerprint density at radius 3 is 2.86 bits per heavy atom. The van der Waals surface area contributed by atoms with Crippen molar-refractivity contribution >= 4 is 28.7 Å². The van der Waals surface area contributed by atoms with Crippen molar-refractivity contribution < 1.29 is 19.5 Å². The minimum absolute atomic E-state index is 0.254. The molecule has 106 valence electrons. The quantitative estimate of drug-likeness (QED) is 0.792. The highest BCUT2D eigenvalue weighted by Crippen LogP contribution is 2.29. The van der Waals surface area contributed by atoms with Crippen LogP contribution in [0.2, 0.25) is 0 Å². The number of carboxylic acid groups (broad SMARTS) is 1. The van der Waals surface area contributed by atoms with Crippen LogP contribution in [0.15, 0.2) is 24.4 Å². The molecular weight excluding hydrogens is 274 g/mol. The number of hydrogen-bond acceptors (Lipinski definition) is 5. The van der Waals surface area contributed by atoms with Gasteiger partial charge in [-0.3, -0.25) is 14.9 Å². The zero-order valence-corrected chi connectivity index (χ0v) is 10.9. The summed E-state index contributed by atoms with van der Waals surface area (Å²) in [4.78, 5) is 42.0. The molecule has 7 heteroatoms. The molecule has 1 fully saturated rings. The summed E-state index contributed by atoms with van der Waals surface area (Å²) < 4.78 is 0. The smallest absolute Gasteiger partial charge is 0.373 e. The number of imide groups is 1. The Hall–Kier alpha value is -2.83. The maximum atomic E-state index is 12.0. The molecule has 2 amide bonds. The van der Waals surface area contributed by atoms with Crippen molar-refractivity contribution in [3.63, 3.8) is 0 Å². The number of hydrogen-bond donors (Lipinski definition) is 2. The van der Waals surface area contributed by atoms with E-state index in [1.165, 1.54) is 6.20 Å². The molecule has 1 saturated heterocycles. The highest BCUT2D eigenvalue weighted by Gasteiger charge is 2.29. The van der Waals surface area contributed by atoms with Gasteiger partial charge in [-0.2, -0.15) is 0 Å². The molecule has 3 rings (SSSR count). The molecule has 1 atom stereocenters. The van der Waals surface area contributed by atoms with Crippen molar-refractivity contribution in [1.29, 1.82) is 0 Å². The first kappa shape index (κ1) is 13.2. The van der Waals surface area contributed by atoms with Gasteiger partial charge in [0.25, 0.3) is 0 Å². The standard InChI is InChI=1S/C14H11N3O4/c18-10-5-4-9(13(19)16-10)8-3-1-2-7-6-15-12(14(20)21)17-11(7)8/h1-3,6,9H,4-5H2,(H,20,21)(H,16,18,19). The number of aromatic carboxylic acids is 1. The molecule has 1 aliphatic heterocycles. The number of rotatable bonds is 2. The average molecular weight is 285 g/mol. The fourth-order valence-corrected chi connectivity index (χ4v) is 2.45. The first-order valence-corrected chi connectivity index (χ1v) is 6.39. The van der Waals surface area contributed by atoms with Gasteiger partial charge < -0.3 is 5.11 Å². The van der Waals surface area contributed by atoms with E-state index in [4.69, 9.17) is 5.11 Å². The Labute approximate surface area is 119 Å². The molecule has 2 N–H and O–H groups in total. The van der Waals surface area contributed by atoms with E-state index in [1.807, 2.05) is 0 Å². The third-order valence-electron chi connectivity index (χ3n) is 3.45. The van der Waals surface area contributed by atoms with Crippen LogP contribution < -0.4 is 5.32 Å². The van der Waals surface area contributed by atoms with Crippen LogP contribution in [0.25, 0.3) is 10.9 Å². The predicted octanol–water partition coefficient (Wildman–Crippen LogP) is 0.848. The minimum Gasteiger partial charge on any atom is -0.475 e. The van der Waals surface area contributed by atoms with E-state index in [0.717, 1.165) is 0 Å². The second kappa shape index (κ2) is 4.93. The Kier molecular flexibility index (Phi) is 3.09. The van der Waals surface area contributed by atoms with E-state index < -0.39 is 11.9 Å². The summed E-state index contributed by atoms with van der Waals surface area (Å²) in [5.74, 6) is -2.73. The highest BCUT2D eigenvalue weighted by atomic mass is 16.4. The Morgan fingerprint density at radius 2 is 2.14 bits per heavy atom. The van der Waals surface area contributed by atoms with E-state index >= 15 is 0 Å². The number of aromatic nitrogens is 2. The molecule has 2 aromatic rings. The lowest BCUT2D eigenvalue weighted by Crippen LogP contribution is -2.39.